The van der Waals surface area contributed by atoms with Crippen LogP contribution in [0.1, 0.15) is 6.42 Å². The molecule has 0 saturated heterocycles. The molecule has 0 atom stereocenters. The molecule has 0 saturated carbocycles. The van der Waals surface area contributed by atoms with Crippen LogP contribution in [-0.2, 0) is 4.79 Å². The molecular formula is C10H6ClN3O. The summed E-state index contributed by atoms with van der Waals surface area (Å²) in [6, 6.07) is 8.58. The van der Waals surface area contributed by atoms with Gasteiger partial charge in [0.05, 0.1) is 12.1 Å². The van der Waals surface area contributed by atoms with Crippen molar-refractivity contribution in [3.05, 3.63) is 29.3 Å². The summed E-state index contributed by atoms with van der Waals surface area (Å²) in [5, 5.41) is 14.3. The third-order valence-electron chi connectivity index (χ3n) is 1.98. The van der Waals surface area contributed by atoms with E-state index in [4.69, 9.17) is 16.9 Å². The average molecular weight is 220 g/mol. The van der Waals surface area contributed by atoms with Gasteiger partial charge in [0.25, 0.3) is 5.91 Å². The van der Waals surface area contributed by atoms with Gasteiger partial charge in [0.2, 0.25) is 0 Å². The van der Waals surface area contributed by atoms with Crippen molar-refractivity contribution in [1.82, 2.24) is 0 Å². The third kappa shape index (κ3) is 1.83. The first-order chi connectivity index (χ1) is 7.20. The summed E-state index contributed by atoms with van der Waals surface area (Å²) in [5.41, 5.74) is 0.851. The van der Waals surface area contributed by atoms with Gasteiger partial charge in [-0.15, -0.1) is 0 Å². The van der Waals surface area contributed by atoms with Crippen LogP contribution >= 0.6 is 11.6 Å². The van der Waals surface area contributed by atoms with E-state index in [0.717, 1.165) is 0 Å². The van der Waals surface area contributed by atoms with Crippen LogP contribution in [0.3, 0.4) is 0 Å². The topological polar surface area (TPSA) is 56.5 Å². The van der Waals surface area contributed by atoms with Crippen molar-refractivity contribution in [2.75, 3.05) is 5.01 Å². The predicted octanol–water partition coefficient (Wildman–Crippen LogP) is 1.96. The van der Waals surface area contributed by atoms with Crippen molar-refractivity contribution in [1.29, 1.82) is 5.26 Å². The second kappa shape index (κ2) is 3.71. The normalized spacial score (nSPS) is 15.1. The lowest BCUT2D eigenvalue weighted by atomic mass is 10.3. The number of hydrazone groups is 1. The van der Waals surface area contributed by atoms with Crippen molar-refractivity contribution in [2.24, 2.45) is 5.10 Å². The van der Waals surface area contributed by atoms with Crippen LogP contribution in [0, 0.1) is 11.3 Å². The molecule has 74 valence electrons. The molecule has 15 heavy (non-hydrogen) atoms. The van der Waals surface area contributed by atoms with Crippen molar-refractivity contribution in [3.8, 4) is 6.07 Å². The molecule has 0 aromatic heterocycles. The Morgan fingerprint density at radius 1 is 1.40 bits per heavy atom. The summed E-state index contributed by atoms with van der Waals surface area (Å²) in [4.78, 5) is 11.5. The number of carbonyl (C=O) groups is 1. The summed E-state index contributed by atoms with van der Waals surface area (Å²) in [6.07, 6.45) is 0.0686. The van der Waals surface area contributed by atoms with Crippen molar-refractivity contribution < 1.29 is 4.79 Å². The molecule has 1 aliphatic rings. The maximum Gasteiger partial charge on any atom is 0.254 e. The van der Waals surface area contributed by atoms with Crippen LogP contribution in [0.2, 0.25) is 5.02 Å². The summed E-state index contributed by atoms with van der Waals surface area (Å²) in [7, 11) is 0. The molecule has 0 bridgehead atoms. The number of halogens is 1. The average Bonchev–Trinajstić information content (AvgIpc) is 2.61. The molecular weight excluding hydrogens is 214 g/mol. The van der Waals surface area contributed by atoms with Crippen molar-refractivity contribution in [3.63, 3.8) is 0 Å². The molecule has 1 heterocycles. The molecule has 4 nitrogen and oxygen atoms in total. The molecule has 1 aromatic carbocycles. The van der Waals surface area contributed by atoms with Gasteiger partial charge >= 0.3 is 0 Å². The zero-order chi connectivity index (χ0) is 10.8. The lowest BCUT2D eigenvalue weighted by Crippen LogP contribution is -2.19. The fraction of sp³-hybridized carbons (Fsp3) is 0.100. The van der Waals surface area contributed by atoms with E-state index in [9.17, 15) is 4.79 Å². The van der Waals surface area contributed by atoms with Gasteiger partial charge in [0, 0.05) is 5.02 Å². The largest absolute Gasteiger partial charge is 0.272 e. The quantitative estimate of drug-likeness (QED) is 0.725. The Labute approximate surface area is 91.4 Å². The van der Waals surface area contributed by atoms with E-state index in [-0.39, 0.29) is 18.0 Å². The van der Waals surface area contributed by atoms with Crippen LogP contribution in [-0.4, -0.2) is 11.6 Å². The number of benzene rings is 1. The Balaban J connectivity index is 2.33. The zero-order valence-corrected chi connectivity index (χ0v) is 8.40. The SMILES string of the molecule is N#CC1=NN(c2ccc(Cl)cc2)C(=O)C1. The standard InChI is InChI=1S/C10H6ClN3O/c11-7-1-3-9(4-2-7)14-10(15)5-8(6-12)13-14/h1-4H,5H2. The van der Waals surface area contributed by atoms with E-state index < -0.39 is 0 Å². The number of hydrogen-bond donors (Lipinski definition) is 0. The Bertz CT molecular complexity index is 472. The molecule has 0 N–H and O–H groups in total. The predicted molar refractivity (Wildman–Crippen MR) is 56.6 cm³/mol. The first-order valence-electron chi connectivity index (χ1n) is 4.27. The number of carbonyl (C=O) groups excluding carboxylic acids is 1. The van der Waals surface area contributed by atoms with Crippen LogP contribution in [0.5, 0.6) is 0 Å². The van der Waals surface area contributed by atoms with Crippen LogP contribution in [0.4, 0.5) is 5.69 Å². The number of rotatable bonds is 1. The first kappa shape index (κ1) is 9.69. The van der Waals surface area contributed by atoms with Gasteiger partial charge in [-0.1, -0.05) is 11.6 Å². The second-order valence-corrected chi connectivity index (χ2v) is 3.45. The van der Waals surface area contributed by atoms with Gasteiger partial charge < -0.3 is 0 Å². The number of hydrogen-bond acceptors (Lipinski definition) is 3. The summed E-state index contributed by atoms with van der Waals surface area (Å²) in [6.45, 7) is 0. The molecule has 0 unspecified atom stereocenters. The summed E-state index contributed by atoms with van der Waals surface area (Å²) >= 11 is 5.72. The zero-order valence-electron chi connectivity index (χ0n) is 7.64. The number of nitrogens with zero attached hydrogens (tertiary/aromatic N) is 3. The van der Waals surface area contributed by atoms with E-state index in [0.29, 0.717) is 10.7 Å². The van der Waals surface area contributed by atoms with Crippen LogP contribution in [0.25, 0.3) is 0 Å². The van der Waals surface area contributed by atoms with Gasteiger partial charge in [0.1, 0.15) is 11.8 Å². The Kier molecular flexibility index (Phi) is 2.40. The van der Waals surface area contributed by atoms with E-state index in [2.05, 4.69) is 5.10 Å². The maximum absolute atomic E-state index is 11.5. The molecule has 1 aromatic rings. The van der Waals surface area contributed by atoms with E-state index in [1.165, 1.54) is 5.01 Å². The molecule has 2 rings (SSSR count). The Morgan fingerprint density at radius 2 is 2.07 bits per heavy atom. The smallest absolute Gasteiger partial charge is 0.254 e. The highest BCUT2D eigenvalue weighted by atomic mass is 35.5. The minimum absolute atomic E-state index is 0.0686. The fourth-order valence-corrected chi connectivity index (χ4v) is 1.40. The van der Waals surface area contributed by atoms with E-state index in [1.54, 1.807) is 24.3 Å². The van der Waals surface area contributed by atoms with Gasteiger partial charge in [-0.2, -0.15) is 15.4 Å². The highest BCUT2D eigenvalue weighted by Gasteiger charge is 2.24. The number of nitriles is 1. The minimum atomic E-state index is -0.200. The van der Waals surface area contributed by atoms with Gasteiger partial charge in [-0.3, -0.25) is 4.79 Å². The van der Waals surface area contributed by atoms with Gasteiger partial charge in [-0.05, 0) is 24.3 Å². The number of amides is 1. The lowest BCUT2D eigenvalue weighted by molar-refractivity contribution is -0.116. The third-order valence-corrected chi connectivity index (χ3v) is 2.23. The molecule has 5 heteroatoms. The minimum Gasteiger partial charge on any atom is -0.272 e. The van der Waals surface area contributed by atoms with Gasteiger partial charge in [-0.25, -0.2) is 0 Å². The Morgan fingerprint density at radius 3 is 2.60 bits per heavy atom. The van der Waals surface area contributed by atoms with E-state index >= 15 is 0 Å². The summed E-state index contributed by atoms with van der Waals surface area (Å²) in [5.74, 6) is -0.200. The Hall–Kier alpha value is -1.86. The maximum atomic E-state index is 11.5. The summed E-state index contributed by atoms with van der Waals surface area (Å²) < 4.78 is 0. The molecule has 1 amide bonds. The molecule has 0 spiro atoms. The molecule has 1 aliphatic heterocycles. The molecule has 0 radical (unpaired) electrons. The van der Waals surface area contributed by atoms with E-state index in [1.807, 2.05) is 6.07 Å². The lowest BCUT2D eigenvalue weighted by Gasteiger charge is -2.10. The monoisotopic (exact) mass is 219 g/mol. The van der Waals surface area contributed by atoms with Crippen molar-refractivity contribution in [2.45, 2.75) is 6.42 Å². The van der Waals surface area contributed by atoms with Crippen LogP contribution in [0.15, 0.2) is 29.4 Å². The number of anilines is 1. The molecule has 0 fully saturated rings. The van der Waals surface area contributed by atoms with Crippen LogP contribution < -0.4 is 5.01 Å². The van der Waals surface area contributed by atoms with Gasteiger partial charge in [0.15, 0.2) is 0 Å². The fourth-order valence-electron chi connectivity index (χ4n) is 1.28. The second-order valence-electron chi connectivity index (χ2n) is 3.02. The molecule has 0 aliphatic carbocycles. The highest BCUT2D eigenvalue weighted by Crippen LogP contribution is 2.22. The first-order valence-corrected chi connectivity index (χ1v) is 4.64. The van der Waals surface area contributed by atoms with Crippen molar-refractivity contribution >= 4 is 28.9 Å². The highest BCUT2D eigenvalue weighted by molar-refractivity contribution is 6.30.